The van der Waals surface area contributed by atoms with Gasteiger partial charge in [-0.3, -0.25) is 0 Å². The molecule has 0 fully saturated rings. The van der Waals surface area contributed by atoms with Gasteiger partial charge in [0, 0.05) is 11.3 Å². The van der Waals surface area contributed by atoms with Crippen LogP contribution in [0.5, 0.6) is 11.5 Å². The standard InChI is InChI=1S/C16H19NO2/c1-11-4-9-15(16(10-11)19-3)12(2)17-13-5-7-14(18)8-6-13/h4-10,12,17-18H,1-3H3. The fourth-order valence-corrected chi connectivity index (χ4v) is 2.06. The minimum Gasteiger partial charge on any atom is -0.508 e. The van der Waals surface area contributed by atoms with Crippen LogP contribution in [0.3, 0.4) is 0 Å². The molecule has 1 unspecified atom stereocenters. The number of benzene rings is 2. The molecule has 0 spiro atoms. The quantitative estimate of drug-likeness (QED) is 0.817. The molecule has 0 radical (unpaired) electrons. The highest BCUT2D eigenvalue weighted by Gasteiger charge is 2.11. The van der Waals surface area contributed by atoms with E-state index in [1.807, 2.05) is 25.1 Å². The molecule has 1 atom stereocenters. The normalized spacial score (nSPS) is 11.9. The minimum absolute atomic E-state index is 0.125. The van der Waals surface area contributed by atoms with E-state index in [-0.39, 0.29) is 11.8 Å². The Morgan fingerprint density at radius 3 is 2.42 bits per heavy atom. The van der Waals surface area contributed by atoms with Crippen molar-refractivity contribution in [2.45, 2.75) is 19.9 Å². The van der Waals surface area contributed by atoms with Gasteiger partial charge in [0.2, 0.25) is 0 Å². The Balaban J connectivity index is 2.19. The van der Waals surface area contributed by atoms with Crippen molar-refractivity contribution in [2.75, 3.05) is 12.4 Å². The summed E-state index contributed by atoms with van der Waals surface area (Å²) in [7, 11) is 1.69. The lowest BCUT2D eigenvalue weighted by atomic mass is 10.0. The number of phenolic OH excluding ortho intramolecular Hbond substituents is 1. The maximum Gasteiger partial charge on any atom is 0.124 e. The van der Waals surface area contributed by atoms with Gasteiger partial charge >= 0.3 is 0 Å². The summed E-state index contributed by atoms with van der Waals surface area (Å²) in [5.74, 6) is 1.16. The number of nitrogens with one attached hydrogen (secondary N) is 1. The largest absolute Gasteiger partial charge is 0.508 e. The summed E-state index contributed by atoms with van der Waals surface area (Å²) in [5.41, 5.74) is 3.26. The van der Waals surface area contributed by atoms with Gasteiger partial charge in [-0.15, -0.1) is 0 Å². The summed E-state index contributed by atoms with van der Waals surface area (Å²) in [6.45, 7) is 4.13. The van der Waals surface area contributed by atoms with E-state index in [2.05, 4.69) is 24.4 Å². The molecule has 19 heavy (non-hydrogen) atoms. The van der Waals surface area contributed by atoms with E-state index >= 15 is 0 Å². The van der Waals surface area contributed by atoms with Crippen LogP contribution in [0, 0.1) is 6.92 Å². The second kappa shape index (κ2) is 5.65. The summed E-state index contributed by atoms with van der Waals surface area (Å²) in [6, 6.07) is 13.4. The number of aryl methyl sites for hydroxylation is 1. The lowest BCUT2D eigenvalue weighted by Crippen LogP contribution is -2.08. The molecule has 2 rings (SSSR count). The third kappa shape index (κ3) is 3.19. The molecule has 2 N–H and O–H groups in total. The summed E-state index contributed by atoms with van der Waals surface area (Å²) in [5, 5.41) is 12.7. The molecule has 0 aliphatic heterocycles. The van der Waals surface area contributed by atoms with Crippen molar-refractivity contribution < 1.29 is 9.84 Å². The van der Waals surface area contributed by atoms with Gasteiger partial charge in [0.15, 0.2) is 0 Å². The monoisotopic (exact) mass is 257 g/mol. The maximum absolute atomic E-state index is 9.27. The van der Waals surface area contributed by atoms with Crippen molar-refractivity contribution in [2.24, 2.45) is 0 Å². The first-order valence-corrected chi connectivity index (χ1v) is 6.30. The average molecular weight is 257 g/mol. The van der Waals surface area contributed by atoms with Gasteiger partial charge in [0.1, 0.15) is 11.5 Å². The van der Waals surface area contributed by atoms with Gasteiger partial charge in [-0.1, -0.05) is 12.1 Å². The summed E-state index contributed by atoms with van der Waals surface area (Å²) in [4.78, 5) is 0. The first-order valence-electron chi connectivity index (χ1n) is 6.30. The molecule has 0 heterocycles. The molecule has 3 nitrogen and oxygen atoms in total. The van der Waals surface area contributed by atoms with E-state index in [1.54, 1.807) is 19.2 Å². The van der Waals surface area contributed by atoms with E-state index in [9.17, 15) is 5.11 Å². The van der Waals surface area contributed by atoms with Crippen LogP contribution in [-0.2, 0) is 0 Å². The number of aromatic hydroxyl groups is 1. The topological polar surface area (TPSA) is 41.5 Å². The van der Waals surface area contributed by atoms with E-state index in [0.29, 0.717) is 0 Å². The smallest absolute Gasteiger partial charge is 0.124 e. The highest BCUT2D eigenvalue weighted by molar-refractivity contribution is 5.50. The number of hydrogen-bond acceptors (Lipinski definition) is 3. The minimum atomic E-state index is 0.125. The van der Waals surface area contributed by atoms with Crippen molar-refractivity contribution in [3.63, 3.8) is 0 Å². The van der Waals surface area contributed by atoms with E-state index < -0.39 is 0 Å². The Hall–Kier alpha value is -2.16. The Morgan fingerprint density at radius 2 is 1.79 bits per heavy atom. The summed E-state index contributed by atoms with van der Waals surface area (Å²) in [6.07, 6.45) is 0. The zero-order valence-electron chi connectivity index (χ0n) is 11.5. The number of phenols is 1. The Kier molecular flexibility index (Phi) is 3.95. The van der Waals surface area contributed by atoms with E-state index in [4.69, 9.17) is 4.74 Å². The van der Waals surface area contributed by atoms with E-state index in [0.717, 1.165) is 17.0 Å². The second-order valence-corrected chi connectivity index (χ2v) is 4.66. The van der Waals surface area contributed by atoms with Gasteiger partial charge in [-0.25, -0.2) is 0 Å². The lowest BCUT2D eigenvalue weighted by Gasteiger charge is -2.19. The van der Waals surface area contributed by atoms with Crippen LogP contribution in [0.2, 0.25) is 0 Å². The van der Waals surface area contributed by atoms with Crippen molar-refractivity contribution in [3.8, 4) is 11.5 Å². The van der Waals surface area contributed by atoms with Crippen LogP contribution in [0.1, 0.15) is 24.1 Å². The van der Waals surface area contributed by atoms with Crippen LogP contribution in [-0.4, -0.2) is 12.2 Å². The zero-order chi connectivity index (χ0) is 13.8. The number of ether oxygens (including phenoxy) is 1. The van der Waals surface area contributed by atoms with Gasteiger partial charge in [0.05, 0.1) is 13.2 Å². The van der Waals surface area contributed by atoms with Gasteiger partial charge < -0.3 is 15.2 Å². The highest BCUT2D eigenvalue weighted by Crippen LogP contribution is 2.29. The first kappa shape index (κ1) is 13.3. The average Bonchev–Trinajstić information content (AvgIpc) is 2.41. The number of methoxy groups -OCH3 is 1. The third-order valence-corrected chi connectivity index (χ3v) is 3.11. The third-order valence-electron chi connectivity index (χ3n) is 3.11. The van der Waals surface area contributed by atoms with Gasteiger partial charge in [-0.2, -0.15) is 0 Å². The fraction of sp³-hybridized carbons (Fsp3) is 0.250. The molecule has 0 bridgehead atoms. The fourth-order valence-electron chi connectivity index (χ4n) is 2.06. The second-order valence-electron chi connectivity index (χ2n) is 4.66. The molecule has 0 saturated heterocycles. The highest BCUT2D eigenvalue weighted by atomic mass is 16.5. The lowest BCUT2D eigenvalue weighted by molar-refractivity contribution is 0.407. The van der Waals surface area contributed by atoms with Crippen LogP contribution in [0.25, 0.3) is 0 Å². The molecule has 0 aliphatic carbocycles. The van der Waals surface area contributed by atoms with E-state index in [1.165, 1.54) is 5.56 Å². The molecule has 0 amide bonds. The number of hydrogen-bond donors (Lipinski definition) is 2. The number of anilines is 1. The van der Waals surface area contributed by atoms with Crippen molar-refractivity contribution in [1.82, 2.24) is 0 Å². The first-order chi connectivity index (χ1) is 9.10. The molecular weight excluding hydrogens is 238 g/mol. The number of rotatable bonds is 4. The van der Waals surface area contributed by atoms with Crippen LogP contribution in [0.4, 0.5) is 5.69 Å². The molecule has 0 aliphatic rings. The van der Waals surface area contributed by atoms with Crippen LogP contribution >= 0.6 is 0 Å². The SMILES string of the molecule is COc1cc(C)ccc1C(C)Nc1ccc(O)cc1. The molecule has 2 aromatic rings. The molecule has 100 valence electrons. The van der Waals surface area contributed by atoms with Gasteiger partial charge in [0.25, 0.3) is 0 Å². The summed E-state index contributed by atoms with van der Waals surface area (Å²) < 4.78 is 5.42. The predicted octanol–water partition coefficient (Wildman–Crippen LogP) is 3.88. The maximum atomic E-state index is 9.27. The molecule has 3 heteroatoms. The van der Waals surface area contributed by atoms with Crippen molar-refractivity contribution >= 4 is 5.69 Å². The molecular formula is C16H19NO2. The predicted molar refractivity (Wildman–Crippen MR) is 77.9 cm³/mol. The van der Waals surface area contributed by atoms with Crippen molar-refractivity contribution in [3.05, 3.63) is 53.6 Å². The van der Waals surface area contributed by atoms with Crippen LogP contribution < -0.4 is 10.1 Å². The van der Waals surface area contributed by atoms with Gasteiger partial charge in [-0.05, 0) is 49.7 Å². The molecule has 0 saturated carbocycles. The van der Waals surface area contributed by atoms with Crippen LogP contribution in [0.15, 0.2) is 42.5 Å². The molecule has 0 aromatic heterocycles. The Bertz CT molecular complexity index is 549. The Morgan fingerprint density at radius 1 is 1.11 bits per heavy atom. The Labute approximate surface area is 113 Å². The summed E-state index contributed by atoms with van der Waals surface area (Å²) >= 11 is 0. The molecule has 2 aromatic carbocycles. The zero-order valence-corrected chi connectivity index (χ0v) is 11.5. The van der Waals surface area contributed by atoms with Crippen molar-refractivity contribution in [1.29, 1.82) is 0 Å².